The fourth-order valence-electron chi connectivity index (χ4n) is 4.72. The molecule has 1 amide bonds. The summed E-state index contributed by atoms with van der Waals surface area (Å²) in [5.74, 6) is 0.511. The summed E-state index contributed by atoms with van der Waals surface area (Å²) in [6.07, 6.45) is 5.08. The SMILES string of the molecule is Cc1cc(-c2ccnn2C)c2cccc(OCc3c(Cl)cncc3CNC(=O)c3c(C)cccc3C)c2n1. The Morgan fingerprint density at radius 1 is 1.05 bits per heavy atom. The van der Waals surface area contributed by atoms with E-state index < -0.39 is 0 Å². The van der Waals surface area contributed by atoms with E-state index in [1.807, 2.05) is 75.0 Å². The molecule has 0 atom stereocenters. The standard InChI is InChI=1S/C30H28ClN5O2/c1-18-7-5-8-19(2)28(18)30(37)33-15-21-14-32-16-25(31)24(21)17-38-27-10-6-9-22-23(13-20(3)35-29(22)27)26-11-12-34-36(26)4/h5-14,16H,15,17H2,1-4H3,(H,33,37). The van der Waals surface area contributed by atoms with Gasteiger partial charge >= 0.3 is 0 Å². The molecule has 8 heteroatoms. The summed E-state index contributed by atoms with van der Waals surface area (Å²) in [5.41, 5.74) is 7.77. The minimum atomic E-state index is -0.135. The first-order valence-electron chi connectivity index (χ1n) is 12.3. The Morgan fingerprint density at radius 2 is 1.82 bits per heavy atom. The number of halogens is 1. The summed E-state index contributed by atoms with van der Waals surface area (Å²) < 4.78 is 8.15. The zero-order valence-electron chi connectivity index (χ0n) is 21.7. The van der Waals surface area contributed by atoms with Crippen LogP contribution in [0, 0.1) is 20.8 Å². The van der Waals surface area contributed by atoms with E-state index in [0.717, 1.165) is 50.1 Å². The molecule has 0 bridgehead atoms. The predicted molar refractivity (Wildman–Crippen MR) is 149 cm³/mol. The molecule has 5 rings (SSSR count). The van der Waals surface area contributed by atoms with Crippen LogP contribution in [0.4, 0.5) is 0 Å². The first-order chi connectivity index (χ1) is 18.3. The van der Waals surface area contributed by atoms with E-state index in [-0.39, 0.29) is 19.1 Å². The van der Waals surface area contributed by atoms with Gasteiger partial charge in [0, 0.05) is 60.0 Å². The Hall–Kier alpha value is -4.23. The number of amides is 1. The van der Waals surface area contributed by atoms with Crippen LogP contribution in [0.5, 0.6) is 5.75 Å². The highest BCUT2D eigenvalue weighted by molar-refractivity contribution is 6.31. The van der Waals surface area contributed by atoms with Gasteiger partial charge in [0.1, 0.15) is 17.9 Å². The maximum absolute atomic E-state index is 13.0. The van der Waals surface area contributed by atoms with Crippen LogP contribution in [0.1, 0.15) is 38.3 Å². The third-order valence-corrected chi connectivity index (χ3v) is 6.97. The lowest BCUT2D eigenvalue weighted by atomic mass is 10.0. The Labute approximate surface area is 226 Å². The first-order valence-corrected chi connectivity index (χ1v) is 12.7. The number of carbonyl (C=O) groups excluding carboxylic acids is 1. The lowest BCUT2D eigenvalue weighted by Crippen LogP contribution is -2.25. The lowest BCUT2D eigenvalue weighted by Gasteiger charge is -2.16. The third-order valence-electron chi connectivity index (χ3n) is 6.64. The van der Waals surface area contributed by atoms with Gasteiger partial charge in [-0.25, -0.2) is 4.98 Å². The van der Waals surface area contributed by atoms with Crippen molar-refractivity contribution in [1.82, 2.24) is 25.1 Å². The van der Waals surface area contributed by atoms with Gasteiger partial charge in [0.05, 0.1) is 10.7 Å². The highest BCUT2D eigenvalue weighted by Gasteiger charge is 2.16. The van der Waals surface area contributed by atoms with Gasteiger partial charge in [0.15, 0.2) is 0 Å². The number of aromatic nitrogens is 4. The van der Waals surface area contributed by atoms with Crippen molar-refractivity contribution in [3.63, 3.8) is 0 Å². The molecule has 7 nitrogen and oxygen atoms in total. The molecule has 2 aromatic carbocycles. The summed E-state index contributed by atoms with van der Waals surface area (Å²) in [4.78, 5) is 22.0. The van der Waals surface area contributed by atoms with E-state index >= 15 is 0 Å². The van der Waals surface area contributed by atoms with Crippen LogP contribution < -0.4 is 10.1 Å². The number of hydrogen-bond acceptors (Lipinski definition) is 5. The molecule has 5 aromatic rings. The van der Waals surface area contributed by atoms with Gasteiger partial charge in [-0.15, -0.1) is 0 Å². The van der Waals surface area contributed by atoms with Crippen LogP contribution >= 0.6 is 11.6 Å². The minimum absolute atomic E-state index is 0.135. The van der Waals surface area contributed by atoms with Gasteiger partial charge in [0.2, 0.25) is 0 Å². The molecule has 0 aliphatic rings. The molecule has 0 unspecified atom stereocenters. The maximum Gasteiger partial charge on any atom is 0.252 e. The monoisotopic (exact) mass is 525 g/mol. The van der Waals surface area contributed by atoms with Gasteiger partial charge < -0.3 is 10.1 Å². The van der Waals surface area contributed by atoms with E-state index in [1.54, 1.807) is 18.6 Å². The number of benzene rings is 2. The Balaban J connectivity index is 1.41. The second-order valence-corrected chi connectivity index (χ2v) is 9.71. The van der Waals surface area contributed by atoms with E-state index in [4.69, 9.17) is 21.3 Å². The van der Waals surface area contributed by atoms with Crippen molar-refractivity contribution in [2.45, 2.75) is 33.9 Å². The molecule has 192 valence electrons. The zero-order chi connectivity index (χ0) is 26.8. The van der Waals surface area contributed by atoms with Gasteiger partial charge in [0.25, 0.3) is 5.91 Å². The van der Waals surface area contributed by atoms with Crippen molar-refractivity contribution in [2.75, 3.05) is 0 Å². The molecule has 3 heterocycles. The first kappa shape index (κ1) is 25.4. The van der Waals surface area contributed by atoms with Crippen molar-refractivity contribution < 1.29 is 9.53 Å². The smallest absolute Gasteiger partial charge is 0.252 e. The molecule has 0 radical (unpaired) electrons. The van der Waals surface area contributed by atoms with Gasteiger partial charge in [-0.05, 0) is 55.7 Å². The number of para-hydroxylation sites is 1. The Bertz CT molecular complexity index is 1640. The van der Waals surface area contributed by atoms with Gasteiger partial charge in [-0.1, -0.05) is 41.9 Å². The normalized spacial score (nSPS) is 11.1. The summed E-state index contributed by atoms with van der Waals surface area (Å²) in [5, 5.41) is 8.78. The molecular formula is C30H28ClN5O2. The average Bonchev–Trinajstić information content (AvgIpc) is 3.32. The van der Waals surface area contributed by atoms with Crippen LogP contribution in [0.3, 0.4) is 0 Å². The van der Waals surface area contributed by atoms with Crippen LogP contribution in [0.15, 0.2) is 67.1 Å². The fourth-order valence-corrected chi connectivity index (χ4v) is 4.95. The number of fused-ring (bicyclic) bond motifs is 1. The molecule has 0 saturated carbocycles. The molecule has 3 aromatic heterocycles. The number of ether oxygens (including phenoxy) is 1. The average molecular weight is 526 g/mol. The number of aryl methyl sites for hydroxylation is 4. The Morgan fingerprint density at radius 3 is 2.55 bits per heavy atom. The van der Waals surface area contributed by atoms with E-state index in [2.05, 4.69) is 21.5 Å². The van der Waals surface area contributed by atoms with Gasteiger partial charge in [-0.2, -0.15) is 5.10 Å². The Kier molecular flexibility index (Phi) is 7.11. The summed E-state index contributed by atoms with van der Waals surface area (Å²) in [6.45, 7) is 6.30. The molecule has 0 spiro atoms. The highest BCUT2D eigenvalue weighted by atomic mass is 35.5. The van der Waals surface area contributed by atoms with E-state index in [1.165, 1.54) is 0 Å². The molecule has 38 heavy (non-hydrogen) atoms. The molecule has 0 aliphatic heterocycles. The largest absolute Gasteiger partial charge is 0.487 e. The van der Waals surface area contributed by atoms with Crippen molar-refractivity contribution in [3.05, 3.63) is 106 Å². The molecule has 0 saturated heterocycles. The van der Waals surface area contributed by atoms with Crippen molar-refractivity contribution in [3.8, 4) is 17.0 Å². The topological polar surface area (TPSA) is 81.9 Å². The number of carbonyl (C=O) groups is 1. The molecular weight excluding hydrogens is 498 g/mol. The van der Waals surface area contributed by atoms with Crippen LogP contribution in [-0.2, 0) is 20.2 Å². The van der Waals surface area contributed by atoms with Crippen LogP contribution in [0.2, 0.25) is 5.02 Å². The highest BCUT2D eigenvalue weighted by Crippen LogP contribution is 2.33. The summed E-state index contributed by atoms with van der Waals surface area (Å²) >= 11 is 6.55. The second-order valence-electron chi connectivity index (χ2n) is 9.30. The number of hydrogen-bond donors (Lipinski definition) is 1. The molecule has 0 fully saturated rings. The van der Waals surface area contributed by atoms with E-state index in [9.17, 15) is 4.79 Å². The third kappa shape index (κ3) is 4.97. The summed E-state index contributed by atoms with van der Waals surface area (Å²) in [6, 6.07) is 15.7. The fraction of sp³-hybridized carbons (Fsp3) is 0.200. The van der Waals surface area contributed by atoms with E-state index in [0.29, 0.717) is 16.3 Å². The number of rotatable bonds is 7. The van der Waals surface area contributed by atoms with Crippen molar-refractivity contribution in [1.29, 1.82) is 0 Å². The maximum atomic E-state index is 13.0. The van der Waals surface area contributed by atoms with Crippen molar-refractivity contribution in [2.24, 2.45) is 7.05 Å². The van der Waals surface area contributed by atoms with Gasteiger partial charge in [-0.3, -0.25) is 14.5 Å². The predicted octanol–water partition coefficient (Wildman–Crippen LogP) is 6.12. The minimum Gasteiger partial charge on any atom is -0.487 e. The van der Waals surface area contributed by atoms with Crippen LogP contribution in [0.25, 0.3) is 22.2 Å². The number of pyridine rings is 2. The van der Waals surface area contributed by atoms with Crippen LogP contribution in [-0.4, -0.2) is 25.7 Å². The zero-order valence-corrected chi connectivity index (χ0v) is 22.5. The number of nitrogens with zero attached hydrogens (tertiary/aromatic N) is 4. The number of nitrogens with one attached hydrogen (secondary N) is 1. The molecule has 1 N–H and O–H groups in total. The lowest BCUT2D eigenvalue weighted by molar-refractivity contribution is 0.0949. The summed E-state index contributed by atoms with van der Waals surface area (Å²) in [7, 11) is 1.92. The molecule has 0 aliphatic carbocycles. The quantitative estimate of drug-likeness (QED) is 0.277. The van der Waals surface area contributed by atoms with Crippen molar-refractivity contribution >= 4 is 28.4 Å². The second kappa shape index (κ2) is 10.6.